The summed E-state index contributed by atoms with van der Waals surface area (Å²) in [5.74, 6) is 0.481. The van der Waals surface area contributed by atoms with E-state index in [0.717, 1.165) is 0 Å². The second kappa shape index (κ2) is 3.64. The van der Waals surface area contributed by atoms with Crippen LogP contribution in [0, 0.1) is 5.82 Å². The Hall–Kier alpha value is -0.990. The smallest absolute Gasteiger partial charge is 0.163 e. The minimum atomic E-state index is -0.312. The van der Waals surface area contributed by atoms with Gasteiger partial charge >= 0.3 is 0 Å². The van der Waals surface area contributed by atoms with Gasteiger partial charge in [-0.25, -0.2) is 14.4 Å². The number of hydrogen-bond acceptors (Lipinski definition) is 2. The molecule has 1 aromatic heterocycles. The van der Waals surface area contributed by atoms with Gasteiger partial charge < -0.3 is 0 Å². The van der Waals surface area contributed by atoms with Crippen molar-refractivity contribution in [2.24, 2.45) is 0 Å². The van der Waals surface area contributed by atoms with Crippen molar-refractivity contribution in [3.05, 3.63) is 23.5 Å². The van der Waals surface area contributed by atoms with Crippen molar-refractivity contribution < 1.29 is 4.39 Å². The molecular weight excluding hydrogens is 179 g/mol. The van der Waals surface area contributed by atoms with Crippen LogP contribution in [0.5, 0.6) is 0 Å². The van der Waals surface area contributed by atoms with Gasteiger partial charge in [-0.05, 0) is 5.92 Å². The van der Waals surface area contributed by atoms with Crippen LogP contribution >= 0.6 is 0 Å². The summed E-state index contributed by atoms with van der Waals surface area (Å²) in [6.07, 6.45) is 1.27. The first-order valence-corrected chi connectivity index (χ1v) is 4.85. The van der Waals surface area contributed by atoms with Crippen molar-refractivity contribution in [2.45, 2.75) is 46.0 Å². The Balaban J connectivity index is 3.20. The van der Waals surface area contributed by atoms with E-state index in [2.05, 4.69) is 9.97 Å². The zero-order valence-electron chi connectivity index (χ0n) is 9.43. The predicted molar refractivity (Wildman–Crippen MR) is 54.8 cm³/mol. The van der Waals surface area contributed by atoms with E-state index in [1.165, 1.54) is 6.20 Å². The average molecular weight is 196 g/mol. The molecule has 0 saturated heterocycles. The predicted octanol–water partition coefficient (Wildman–Crippen LogP) is 3.04. The maximum Gasteiger partial charge on any atom is 0.163 e. The van der Waals surface area contributed by atoms with E-state index in [4.69, 9.17) is 0 Å². The topological polar surface area (TPSA) is 25.8 Å². The number of halogens is 1. The molecule has 0 N–H and O–H groups in total. The summed E-state index contributed by atoms with van der Waals surface area (Å²) in [4.78, 5) is 8.26. The van der Waals surface area contributed by atoms with E-state index in [0.29, 0.717) is 11.5 Å². The minimum absolute atomic E-state index is 0.0964. The zero-order chi connectivity index (χ0) is 10.9. The van der Waals surface area contributed by atoms with E-state index in [1.807, 2.05) is 34.6 Å². The standard InChI is InChI=1S/C11H17FN2/c1-7(2)9-8(12)6-13-10(14-9)11(3,4)5/h6-7H,1-5H3. The Morgan fingerprint density at radius 1 is 1.29 bits per heavy atom. The molecule has 0 aliphatic rings. The summed E-state index contributed by atoms with van der Waals surface area (Å²) in [6.45, 7) is 9.91. The molecule has 14 heavy (non-hydrogen) atoms. The molecule has 2 nitrogen and oxygen atoms in total. The lowest BCUT2D eigenvalue weighted by Crippen LogP contribution is -2.18. The van der Waals surface area contributed by atoms with E-state index >= 15 is 0 Å². The van der Waals surface area contributed by atoms with Gasteiger partial charge in [0.15, 0.2) is 5.82 Å². The van der Waals surface area contributed by atoms with Gasteiger partial charge in [0.2, 0.25) is 0 Å². The van der Waals surface area contributed by atoms with Gasteiger partial charge in [0.25, 0.3) is 0 Å². The SMILES string of the molecule is CC(C)c1nc(C(C)(C)C)ncc1F. The highest BCUT2D eigenvalue weighted by molar-refractivity contribution is 5.13. The van der Waals surface area contributed by atoms with E-state index < -0.39 is 0 Å². The van der Waals surface area contributed by atoms with Crippen molar-refractivity contribution >= 4 is 0 Å². The minimum Gasteiger partial charge on any atom is -0.238 e. The van der Waals surface area contributed by atoms with E-state index in [9.17, 15) is 4.39 Å². The van der Waals surface area contributed by atoms with Crippen LogP contribution in [-0.4, -0.2) is 9.97 Å². The van der Waals surface area contributed by atoms with Gasteiger partial charge in [0, 0.05) is 5.41 Å². The number of nitrogens with zero attached hydrogens (tertiary/aromatic N) is 2. The summed E-state index contributed by atoms with van der Waals surface area (Å²) in [7, 11) is 0. The van der Waals surface area contributed by atoms with Gasteiger partial charge in [0.05, 0.1) is 11.9 Å². The fourth-order valence-corrected chi connectivity index (χ4v) is 1.15. The molecule has 0 atom stereocenters. The van der Waals surface area contributed by atoms with E-state index in [-0.39, 0.29) is 17.2 Å². The maximum atomic E-state index is 13.3. The molecule has 1 heterocycles. The summed E-state index contributed by atoms with van der Waals surface area (Å²) >= 11 is 0. The lowest BCUT2D eigenvalue weighted by molar-refractivity contribution is 0.512. The average Bonchev–Trinajstić information content (AvgIpc) is 2.02. The molecule has 0 spiro atoms. The normalized spacial score (nSPS) is 12.2. The Kier molecular flexibility index (Phi) is 2.88. The Morgan fingerprint density at radius 3 is 2.29 bits per heavy atom. The fraction of sp³-hybridized carbons (Fsp3) is 0.636. The first kappa shape index (κ1) is 11.1. The van der Waals surface area contributed by atoms with Crippen molar-refractivity contribution in [1.29, 1.82) is 0 Å². The highest BCUT2D eigenvalue weighted by atomic mass is 19.1. The second-order valence-corrected chi connectivity index (χ2v) is 4.83. The van der Waals surface area contributed by atoms with E-state index in [1.54, 1.807) is 0 Å². The van der Waals surface area contributed by atoms with Crippen molar-refractivity contribution in [2.75, 3.05) is 0 Å². The van der Waals surface area contributed by atoms with Crippen LogP contribution in [0.25, 0.3) is 0 Å². The molecule has 0 aromatic carbocycles. The largest absolute Gasteiger partial charge is 0.238 e. The summed E-state index contributed by atoms with van der Waals surface area (Å²) < 4.78 is 13.3. The van der Waals surface area contributed by atoms with Crippen LogP contribution in [0.3, 0.4) is 0 Å². The highest BCUT2D eigenvalue weighted by Gasteiger charge is 2.20. The third kappa shape index (κ3) is 2.28. The van der Waals surface area contributed by atoms with Crippen LogP contribution in [0.2, 0.25) is 0 Å². The Bertz CT molecular complexity index is 327. The van der Waals surface area contributed by atoms with Crippen LogP contribution < -0.4 is 0 Å². The van der Waals surface area contributed by atoms with Gasteiger partial charge in [-0.15, -0.1) is 0 Å². The van der Waals surface area contributed by atoms with Crippen molar-refractivity contribution in [3.63, 3.8) is 0 Å². The molecule has 1 rings (SSSR count). The lowest BCUT2D eigenvalue weighted by Gasteiger charge is -2.18. The van der Waals surface area contributed by atoms with Gasteiger partial charge in [-0.3, -0.25) is 0 Å². The molecule has 0 bridgehead atoms. The Labute approximate surface area is 84.6 Å². The maximum absolute atomic E-state index is 13.3. The monoisotopic (exact) mass is 196 g/mol. The first-order valence-electron chi connectivity index (χ1n) is 4.85. The third-order valence-electron chi connectivity index (χ3n) is 1.99. The van der Waals surface area contributed by atoms with Crippen LogP contribution in [0.15, 0.2) is 6.20 Å². The number of rotatable bonds is 1. The van der Waals surface area contributed by atoms with Gasteiger partial charge in [0.1, 0.15) is 5.82 Å². The quantitative estimate of drug-likeness (QED) is 0.690. The first-order chi connectivity index (χ1) is 6.32. The van der Waals surface area contributed by atoms with Gasteiger partial charge in [-0.1, -0.05) is 34.6 Å². The molecule has 0 aliphatic carbocycles. The summed E-state index contributed by atoms with van der Waals surface area (Å²) in [5, 5.41) is 0. The van der Waals surface area contributed by atoms with Crippen LogP contribution in [-0.2, 0) is 5.41 Å². The van der Waals surface area contributed by atoms with Crippen LogP contribution in [0.4, 0.5) is 4.39 Å². The van der Waals surface area contributed by atoms with Gasteiger partial charge in [-0.2, -0.15) is 0 Å². The molecule has 0 unspecified atom stereocenters. The molecule has 1 aromatic rings. The molecule has 78 valence electrons. The molecule has 0 aliphatic heterocycles. The molecule has 0 fully saturated rings. The fourth-order valence-electron chi connectivity index (χ4n) is 1.15. The van der Waals surface area contributed by atoms with Crippen molar-refractivity contribution in [3.8, 4) is 0 Å². The highest BCUT2D eigenvalue weighted by Crippen LogP contribution is 2.21. The lowest BCUT2D eigenvalue weighted by atomic mass is 9.95. The number of hydrogen-bond donors (Lipinski definition) is 0. The molecule has 3 heteroatoms. The number of aromatic nitrogens is 2. The zero-order valence-corrected chi connectivity index (χ0v) is 9.43. The Morgan fingerprint density at radius 2 is 1.86 bits per heavy atom. The molecular formula is C11H17FN2. The van der Waals surface area contributed by atoms with Crippen LogP contribution in [0.1, 0.15) is 52.1 Å². The molecule has 0 amide bonds. The third-order valence-corrected chi connectivity index (χ3v) is 1.99. The molecule has 0 saturated carbocycles. The van der Waals surface area contributed by atoms with Crippen molar-refractivity contribution in [1.82, 2.24) is 9.97 Å². The second-order valence-electron chi connectivity index (χ2n) is 4.83. The molecule has 0 radical (unpaired) electrons. The summed E-state index contributed by atoms with van der Waals surface area (Å²) in [6, 6.07) is 0. The summed E-state index contributed by atoms with van der Waals surface area (Å²) in [5.41, 5.74) is 0.377.